The standard InChI is InChI=1S/C10H13NO2S2/c1-8(10-3-2-5-14-10)11-9-4-6-15(12,13)7-9/h2-6,8-9,11H,7H2,1H3. The minimum atomic E-state index is -2.95. The first-order valence-electron chi connectivity index (χ1n) is 4.77. The first-order valence-corrected chi connectivity index (χ1v) is 7.37. The molecular formula is C10H13NO2S2. The van der Waals surface area contributed by atoms with Crippen LogP contribution in [0.4, 0.5) is 0 Å². The normalized spacial score (nSPS) is 25.5. The molecule has 2 heterocycles. The molecule has 1 aromatic rings. The van der Waals surface area contributed by atoms with Gasteiger partial charge in [0.2, 0.25) is 0 Å². The van der Waals surface area contributed by atoms with E-state index in [2.05, 4.69) is 11.4 Å². The Bertz CT molecular complexity index is 448. The van der Waals surface area contributed by atoms with Gasteiger partial charge in [-0.1, -0.05) is 12.1 Å². The summed E-state index contributed by atoms with van der Waals surface area (Å²) in [6.45, 7) is 2.05. The fraction of sp³-hybridized carbons (Fsp3) is 0.400. The van der Waals surface area contributed by atoms with Gasteiger partial charge in [0.1, 0.15) is 0 Å². The molecule has 0 spiro atoms. The lowest BCUT2D eigenvalue weighted by Gasteiger charge is -2.16. The zero-order valence-corrected chi connectivity index (χ0v) is 10.0. The van der Waals surface area contributed by atoms with Crippen molar-refractivity contribution in [3.8, 4) is 0 Å². The number of hydrogen-bond donors (Lipinski definition) is 1. The summed E-state index contributed by atoms with van der Waals surface area (Å²) in [5.74, 6) is 0.183. The van der Waals surface area contributed by atoms with E-state index in [0.29, 0.717) is 0 Å². The van der Waals surface area contributed by atoms with E-state index in [1.165, 1.54) is 10.3 Å². The van der Waals surface area contributed by atoms with Crippen LogP contribution in [0.2, 0.25) is 0 Å². The molecule has 0 saturated heterocycles. The van der Waals surface area contributed by atoms with Crippen molar-refractivity contribution in [2.75, 3.05) is 5.75 Å². The molecule has 0 aromatic carbocycles. The van der Waals surface area contributed by atoms with Gasteiger partial charge < -0.3 is 5.32 Å². The van der Waals surface area contributed by atoms with Crippen LogP contribution in [-0.4, -0.2) is 20.2 Å². The van der Waals surface area contributed by atoms with Gasteiger partial charge in [0.25, 0.3) is 0 Å². The molecule has 2 unspecified atom stereocenters. The van der Waals surface area contributed by atoms with Crippen molar-refractivity contribution in [2.45, 2.75) is 19.0 Å². The van der Waals surface area contributed by atoms with Gasteiger partial charge in [0, 0.05) is 22.4 Å². The van der Waals surface area contributed by atoms with Crippen molar-refractivity contribution in [1.82, 2.24) is 5.32 Å². The Kier molecular flexibility index (Phi) is 2.95. The van der Waals surface area contributed by atoms with Gasteiger partial charge in [0.05, 0.1) is 5.75 Å². The number of hydrogen-bond acceptors (Lipinski definition) is 4. The molecule has 0 aliphatic carbocycles. The molecule has 0 amide bonds. The lowest BCUT2D eigenvalue weighted by atomic mass is 10.2. The summed E-state index contributed by atoms with van der Waals surface area (Å²) in [6, 6.07) is 4.20. The Hall–Kier alpha value is -0.650. The first kappa shape index (κ1) is 10.9. The topological polar surface area (TPSA) is 46.2 Å². The van der Waals surface area contributed by atoms with E-state index in [1.807, 2.05) is 18.4 Å². The van der Waals surface area contributed by atoms with Gasteiger partial charge in [-0.05, 0) is 18.4 Å². The summed E-state index contributed by atoms with van der Waals surface area (Å²) in [4.78, 5) is 1.23. The third kappa shape index (κ3) is 2.68. The van der Waals surface area contributed by atoms with Crippen LogP contribution >= 0.6 is 11.3 Å². The van der Waals surface area contributed by atoms with E-state index < -0.39 is 9.84 Å². The molecule has 15 heavy (non-hydrogen) atoms. The van der Waals surface area contributed by atoms with Crippen LogP contribution in [0.15, 0.2) is 29.0 Å². The van der Waals surface area contributed by atoms with E-state index in [-0.39, 0.29) is 17.8 Å². The van der Waals surface area contributed by atoms with Crippen LogP contribution < -0.4 is 5.32 Å². The molecule has 3 nitrogen and oxygen atoms in total. The van der Waals surface area contributed by atoms with Crippen LogP contribution in [0.3, 0.4) is 0 Å². The minimum Gasteiger partial charge on any atom is -0.302 e. The van der Waals surface area contributed by atoms with E-state index in [1.54, 1.807) is 17.4 Å². The molecule has 1 aliphatic rings. The van der Waals surface area contributed by atoms with E-state index in [0.717, 1.165) is 0 Å². The van der Waals surface area contributed by atoms with Gasteiger partial charge in [0.15, 0.2) is 9.84 Å². The second kappa shape index (κ2) is 4.08. The van der Waals surface area contributed by atoms with Gasteiger partial charge in [-0.3, -0.25) is 0 Å². The SMILES string of the molecule is CC(NC1C=CS(=O)(=O)C1)c1cccs1. The maximum atomic E-state index is 11.2. The van der Waals surface area contributed by atoms with Crippen LogP contribution in [0, 0.1) is 0 Å². The van der Waals surface area contributed by atoms with Gasteiger partial charge >= 0.3 is 0 Å². The molecule has 0 bridgehead atoms. The second-order valence-electron chi connectivity index (χ2n) is 3.67. The lowest BCUT2D eigenvalue weighted by molar-refractivity contribution is 0.541. The molecule has 2 atom stereocenters. The smallest absolute Gasteiger partial charge is 0.173 e. The third-order valence-electron chi connectivity index (χ3n) is 2.36. The predicted molar refractivity (Wildman–Crippen MR) is 62.6 cm³/mol. The summed E-state index contributed by atoms with van der Waals surface area (Å²) >= 11 is 1.68. The Morgan fingerprint density at radius 3 is 2.93 bits per heavy atom. The van der Waals surface area contributed by atoms with Crippen LogP contribution in [0.1, 0.15) is 17.8 Å². The maximum Gasteiger partial charge on any atom is 0.173 e. The Morgan fingerprint density at radius 2 is 2.40 bits per heavy atom. The molecule has 0 fully saturated rings. The zero-order valence-electron chi connectivity index (χ0n) is 8.38. The summed E-state index contributed by atoms with van der Waals surface area (Å²) in [5.41, 5.74) is 0. The highest BCUT2D eigenvalue weighted by atomic mass is 32.2. The monoisotopic (exact) mass is 243 g/mol. The maximum absolute atomic E-state index is 11.2. The van der Waals surface area contributed by atoms with Gasteiger partial charge in [-0.15, -0.1) is 11.3 Å². The molecule has 1 aromatic heterocycles. The minimum absolute atomic E-state index is 0.0490. The first-order chi connectivity index (χ1) is 7.07. The van der Waals surface area contributed by atoms with Gasteiger partial charge in [-0.25, -0.2) is 8.42 Å². The second-order valence-corrected chi connectivity index (χ2v) is 6.58. The summed E-state index contributed by atoms with van der Waals surface area (Å²) in [6.07, 6.45) is 1.72. The quantitative estimate of drug-likeness (QED) is 0.879. The van der Waals surface area contributed by atoms with Crippen molar-refractivity contribution in [3.05, 3.63) is 33.9 Å². The van der Waals surface area contributed by atoms with Crippen LogP contribution in [-0.2, 0) is 9.84 Å². The predicted octanol–water partition coefficient (Wildman–Crippen LogP) is 1.71. The molecule has 1 aliphatic heterocycles. The fourth-order valence-corrected chi connectivity index (χ4v) is 3.61. The molecule has 0 saturated carbocycles. The average molecular weight is 243 g/mol. The highest BCUT2D eigenvalue weighted by Crippen LogP contribution is 2.20. The van der Waals surface area contributed by atoms with E-state index >= 15 is 0 Å². The van der Waals surface area contributed by atoms with Crippen molar-refractivity contribution in [1.29, 1.82) is 0 Å². The summed E-state index contributed by atoms with van der Waals surface area (Å²) in [7, 11) is -2.95. The van der Waals surface area contributed by atoms with Crippen molar-refractivity contribution in [2.24, 2.45) is 0 Å². The molecule has 82 valence electrons. The largest absolute Gasteiger partial charge is 0.302 e. The number of sulfone groups is 1. The average Bonchev–Trinajstić information content (AvgIpc) is 2.74. The van der Waals surface area contributed by atoms with Gasteiger partial charge in [-0.2, -0.15) is 0 Å². The Morgan fingerprint density at radius 1 is 1.60 bits per heavy atom. The molecule has 5 heteroatoms. The highest BCUT2D eigenvalue weighted by Gasteiger charge is 2.23. The van der Waals surface area contributed by atoms with Crippen LogP contribution in [0.5, 0.6) is 0 Å². The van der Waals surface area contributed by atoms with E-state index in [4.69, 9.17) is 0 Å². The fourth-order valence-electron chi connectivity index (χ4n) is 1.62. The highest BCUT2D eigenvalue weighted by molar-refractivity contribution is 7.94. The summed E-state index contributed by atoms with van der Waals surface area (Å²) in [5, 5.41) is 6.60. The third-order valence-corrected chi connectivity index (χ3v) is 4.81. The summed E-state index contributed by atoms with van der Waals surface area (Å²) < 4.78 is 22.4. The van der Waals surface area contributed by atoms with Crippen molar-refractivity contribution >= 4 is 21.2 Å². The number of nitrogens with one attached hydrogen (secondary N) is 1. The van der Waals surface area contributed by atoms with Crippen LogP contribution in [0.25, 0.3) is 0 Å². The molecule has 0 radical (unpaired) electrons. The number of rotatable bonds is 3. The molecule has 1 N–H and O–H groups in total. The van der Waals surface area contributed by atoms with E-state index in [9.17, 15) is 8.42 Å². The zero-order chi connectivity index (χ0) is 10.9. The molecular weight excluding hydrogens is 230 g/mol. The lowest BCUT2D eigenvalue weighted by Crippen LogP contribution is -2.31. The Labute approximate surface area is 93.7 Å². The van der Waals surface area contributed by atoms with Crippen molar-refractivity contribution in [3.63, 3.8) is 0 Å². The van der Waals surface area contributed by atoms with Crippen molar-refractivity contribution < 1.29 is 8.42 Å². The number of thiophene rings is 1. The Balaban J connectivity index is 1.97. The molecule has 2 rings (SSSR count).